The van der Waals surface area contributed by atoms with Crippen molar-refractivity contribution in [3.63, 3.8) is 0 Å². The van der Waals surface area contributed by atoms with Crippen molar-refractivity contribution < 1.29 is 47.9 Å². The van der Waals surface area contributed by atoms with Gasteiger partial charge in [-0.15, -0.1) is 0 Å². The summed E-state index contributed by atoms with van der Waals surface area (Å²) in [5.74, 6) is -1.43. The number of sulfone groups is 1. The third kappa shape index (κ3) is 6.91. The number of alkyl halides is 5. The molecule has 0 bridgehead atoms. The number of hydrogen-bond acceptors (Lipinski definition) is 7. The lowest BCUT2D eigenvalue weighted by atomic mass is 10.00. The number of fused-ring (bicyclic) bond motifs is 3. The smallest absolute Gasteiger partial charge is 0.416 e. The summed E-state index contributed by atoms with van der Waals surface area (Å²) < 4.78 is 137. The van der Waals surface area contributed by atoms with Crippen LogP contribution in [0.5, 0.6) is 5.75 Å². The number of halogens is 6. The van der Waals surface area contributed by atoms with E-state index in [2.05, 4.69) is 4.74 Å². The zero-order valence-electron chi connectivity index (χ0n) is 23.1. The number of ether oxygens (including phenoxy) is 1. The van der Waals surface area contributed by atoms with E-state index in [1.54, 1.807) is 12.1 Å². The van der Waals surface area contributed by atoms with Crippen molar-refractivity contribution in [2.24, 2.45) is 0 Å². The Morgan fingerprint density at radius 2 is 1.66 bits per heavy atom. The fourth-order valence-electron chi connectivity index (χ4n) is 5.41. The molecule has 3 aromatic carbocycles. The Morgan fingerprint density at radius 1 is 0.909 bits per heavy atom. The molecule has 2 aliphatic rings. The predicted molar refractivity (Wildman–Crippen MR) is 152 cm³/mol. The number of nitrogens with zero attached hydrogens (tertiary/aromatic N) is 3. The number of sulfonamides is 1. The first-order valence-corrected chi connectivity index (χ1v) is 16.8. The largest absolute Gasteiger partial charge is 0.435 e. The molecule has 5 rings (SSSR count). The molecule has 44 heavy (non-hydrogen) atoms. The summed E-state index contributed by atoms with van der Waals surface area (Å²) in [7, 11) is -7.86. The van der Waals surface area contributed by atoms with Gasteiger partial charge in [-0.2, -0.15) is 22.0 Å². The first-order valence-electron chi connectivity index (χ1n) is 13.3. The zero-order chi connectivity index (χ0) is 32.0. The van der Waals surface area contributed by atoms with Crippen molar-refractivity contribution in [3.8, 4) is 16.9 Å². The molecule has 2 heterocycles. The van der Waals surface area contributed by atoms with Crippen molar-refractivity contribution in [2.75, 3.05) is 53.9 Å². The third-order valence-electron chi connectivity index (χ3n) is 7.45. The molecule has 1 saturated heterocycles. The average Bonchev–Trinajstić information content (AvgIpc) is 2.93. The number of piperazine rings is 1. The minimum Gasteiger partial charge on any atom is -0.435 e. The Labute approximate surface area is 250 Å². The maximum absolute atomic E-state index is 14.3. The van der Waals surface area contributed by atoms with E-state index in [1.165, 1.54) is 6.07 Å². The van der Waals surface area contributed by atoms with Crippen LogP contribution in [0.1, 0.15) is 5.56 Å². The van der Waals surface area contributed by atoms with E-state index in [-0.39, 0.29) is 42.2 Å². The summed E-state index contributed by atoms with van der Waals surface area (Å²) in [5.41, 5.74) is -0.267. The van der Waals surface area contributed by atoms with Crippen molar-refractivity contribution in [3.05, 3.63) is 72.0 Å². The van der Waals surface area contributed by atoms with Gasteiger partial charge in [-0.25, -0.2) is 21.2 Å². The first kappa shape index (κ1) is 31.9. The van der Waals surface area contributed by atoms with Gasteiger partial charge in [0.2, 0.25) is 0 Å². The van der Waals surface area contributed by atoms with E-state index in [0.717, 1.165) is 47.0 Å². The molecule has 0 spiro atoms. The predicted octanol–water partition coefficient (Wildman–Crippen LogP) is 4.86. The van der Waals surface area contributed by atoms with E-state index < -0.39 is 60.7 Å². The van der Waals surface area contributed by atoms with Crippen LogP contribution in [0.3, 0.4) is 0 Å². The fourth-order valence-corrected chi connectivity index (χ4v) is 7.56. The van der Waals surface area contributed by atoms with E-state index in [9.17, 15) is 43.2 Å². The highest BCUT2D eigenvalue weighted by Gasteiger charge is 2.41. The van der Waals surface area contributed by atoms with E-state index in [4.69, 9.17) is 0 Å². The van der Waals surface area contributed by atoms with E-state index >= 15 is 0 Å². The number of hydrogen-bond donors (Lipinski definition) is 0. The first-order chi connectivity index (χ1) is 20.5. The lowest BCUT2D eigenvalue weighted by molar-refractivity contribution is -0.137. The maximum Gasteiger partial charge on any atom is 0.416 e. The van der Waals surface area contributed by atoms with Crippen molar-refractivity contribution >= 4 is 31.2 Å². The standard InChI is InChI=1S/C28H27F6N3O5S2/c1-43(38,39)10-9-35-7-8-36-22(16-35)17-37(44(40,41)24-4-2-3-20(14-24)28(32,33)34)26-13-18(5-6-25(26)36)19-11-21(29)15-23(12-19)42-27(30)31/h2-6,11-15,22,27H,7-10,16-17H2,1H3. The molecule has 3 aromatic rings. The molecule has 1 atom stereocenters. The van der Waals surface area contributed by atoms with Gasteiger partial charge in [-0.3, -0.25) is 9.21 Å². The van der Waals surface area contributed by atoms with Crippen molar-refractivity contribution in [1.82, 2.24) is 4.90 Å². The second kappa shape index (κ2) is 11.8. The Hall–Kier alpha value is -3.50. The molecular weight excluding hydrogens is 636 g/mol. The van der Waals surface area contributed by atoms with Gasteiger partial charge >= 0.3 is 12.8 Å². The summed E-state index contributed by atoms with van der Waals surface area (Å²) in [6.07, 6.45) is -3.68. The Morgan fingerprint density at radius 3 is 2.34 bits per heavy atom. The average molecular weight is 664 g/mol. The van der Waals surface area contributed by atoms with E-state index in [1.807, 2.05) is 9.80 Å². The minimum atomic E-state index is -4.80. The van der Waals surface area contributed by atoms with Crippen molar-refractivity contribution in [2.45, 2.75) is 23.7 Å². The topological polar surface area (TPSA) is 87.2 Å². The second-order valence-corrected chi connectivity index (χ2v) is 14.7. The van der Waals surface area contributed by atoms with Crippen LogP contribution >= 0.6 is 0 Å². The van der Waals surface area contributed by atoms with Gasteiger partial charge < -0.3 is 9.64 Å². The molecule has 2 aliphatic heterocycles. The van der Waals surface area contributed by atoms with Gasteiger partial charge in [-0.05, 0) is 53.6 Å². The van der Waals surface area contributed by atoms with E-state index in [0.29, 0.717) is 24.8 Å². The van der Waals surface area contributed by atoms with Crippen LogP contribution in [0, 0.1) is 5.82 Å². The molecule has 1 unspecified atom stereocenters. The molecule has 1 fully saturated rings. The quantitative estimate of drug-likeness (QED) is 0.319. The lowest BCUT2D eigenvalue weighted by Crippen LogP contribution is -2.61. The van der Waals surface area contributed by atoms with Crippen LogP contribution in [0.2, 0.25) is 0 Å². The molecule has 0 saturated carbocycles. The number of benzene rings is 3. The molecule has 16 heteroatoms. The van der Waals surface area contributed by atoms with Crippen LogP contribution in [0.4, 0.5) is 37.7 Å². The van der Waals surface area contributed by atoms with Crippen LogP contribution in [-0.4, -0.2) is 79.1 Å². The van der Waals surface area contributed by atoms with Crippen LogP contribution in [-0.2, 0) is 26.0 Å². The molecule has 8 nitrogen and oxygen atoms in total. The van der Waals surface area contributed by atoms with Gasteiger partial charge in [-0.1, -0.05) is 12.1 Å². The highest BCUT2D eigenvalue weighted by Crippen LogP contribution is 2.43. The molecule has 238 valence electrons. The van der Waals surface area contributed by atoms with Crippen LogP contribution in [0.15, 0.2) is 65.6 Å². The Kier molecular flexibility index (Phi) is 8.54. The maximum atomic E-state index is 14.3. The highest BCUT2D eigenvalue weighted by atomic mass is 32.2. The second-order valence-electron chi connectivity index (χ2n) is 10.6. The summed E-state index contributed by atoms with van der Waals surface area (Å²) in [6.45, 7) is -2.04. The molecule has 0 radical (unpaired) electrons. The van der Waals surface area contributed by atoms with Gasteiger partial charge in [0.05, 0.1) is 40.2 Å². The molecule has 0 aromatic heterocycles. The number of anilines is 2. The Balaban J connectivity index is 1.59. The van der Waals surface area contributed by atoms with Gasteiger partial charge in [0.15, 0.2) is 0 Å². The van der Waals surface area contributed by atoms with Crippen molar-refractivity contribution in [1.29, 1.82) is 0 Å². The zero-order valence-corrected chi connectivity index (χ0v) is 24.8. The van der Waals surface area contributed by atoms with Crippen LogP contribution in [0.25, 0.3) is 11.1 Å². The summed E-state index contributed by atoms with van der Waals surface area (Å²) >= 11 is 0. The van der Waals surface area contributed by atoms with Gasteiger partial charge in [0.25, 0.3) is 10.0 Å². The summed E-state index contributed by atoms with van der Waals surface area (Å²) in [6, 6.07) is 10.4. The normalized spacial score (nSPS) is 17.9. The molecule has 0 aliphatic carbocycles. The van der Waals surface area contributed by atoms with Crippen LogP contribution < -0.4 is 13.9 Å². The van der Waals surface area contributed by atoms with Gasteiger partial charge in [0, 0.05) is 38.5 Å². The summed E-state index contributed by atoms with van der Waals surface area (Å²) in [5, 5.41) is 0. The molecule has 0 amide bonds. The third-order valence-corrected chi connectivity index (χ3v) is 10.2. The number of rotatable bonds is 8. The fraction of sp³-hybridized carbons (Fsp3) is 0.357. The van der Waals surface area contributed by atoms with Gasteiger partial charge in [0.1, 0.15) is 21.4 Å². The monoisotopic (exact) mass is 663 g/mol. The SMILES string of the molecule is CS(=O)(=O)CCN1CCN2c3ccc(-c4cc(F)cc(OC(F)F)c4)cc3N(S(=O)(=O)c3cccc(C(F)(F)F)c3)CC2C1. The molecule has 0 N–H and O–H groups in total. The molecular formula is C28H27F6N3O5S2. The lowest BCUT2D eigenvalue weighted by Gasteiger charge is -2.49. The highest BCUT2D eigenvalue weighted by molar-refractivity contribution is 7.92. The minimum absolute atomic E-state index is 0.0985. The Bertz CT molecular complexity index is 1770. The summed E-state index contributed by atoms with van der Waals surface area (Å²) in [4.78, 5) is 3.22.